The zero-order valence-corrected chi connectivity index (χ0v) is 12.0. The molecule has 2 N–H and O–H groups in total. The van der Waals surface area contributed by atoms with Crippen molar-refractivity contribution in [2.75, 3.05) is 6.54 Å². The summed E-state index contributed by atoms with van der Waals surface area (Å²) in [5, 5.41) is 11.5. The number of carbonyl (C=O) groups excluding carboxylic acids is 1. The Morgan fingerprint density at radius 1 is 1.26 bits per heavy atom. The molecule has 1 rings (SSSR count). The molecule has 110 valence electrons. The maximum absolute atomic E-state index is 12.0. The van der Waals surface area contributed by atoms with Crippen LogP contribution in [-0.2, 0) is 9.59 Å². The molecule has 0 spiro atoms. The number of nitrogens with one attached hydrogen (secondary N) is 1. The standard InChI is InChI=1S/C15H27NO3/c1-2-13(11-12-7-3-4-8-12)15(19)16-10-6-5-9-14(17)18/h12-13H,2-11H2,1H3,(H,16,19)(H,17,18). The van der Waals surface area contributed by atoms with Crippen LogP contribution in [0, 0.1) is 11.8 Å². The Kier molecular flexibility index (Phi) is 7.53. The molecule has 1 atom stereocenters. The molecule has 1 amide bonds. The van der Waals surface area contributed by atoms with Gasteiger partial charge in [-0.05, 0) is 31.6 Å². The first-order valence-electron chi connectivity index (χ1n) is 7.63. The normalized spacial score (nSPS) is 17.3. The fourth-order valence-corrected chi connectivity index (χ4v) is 2.86. The van der Waals surface area contributed by atoms with Gasteiger partial charge in [0.1, 0.15) is 0 Å². The van der Waals surface area contributed by atoms with Crippen molar-refractivity contribution in [2.24, 2.45) is 11.8 Å². The van der Waals surface area contributed by atoms with E-state index in [0.717, 1.165) is 25.2 Å². The first-order valence-corrected chi connectivity index (χ1v) is 7.63. The van der Waals surface area contributed by atoms with E-state index in [0.29, 0.717) is 13.0 Å². The van der Waals surface area contributed by atoms with Crippen LogP contribution in [0.4, 0.5) is 0 Å². The van der Waals surface area contributed by atoms with E-state index >= 15 is 0 Å². The van der Waals surface area contributed by atoms with Crippen LogP contribution in [0.15, 0.2) is 0 Å². The lowest BCUT2D eigenvalue weighted by Gasteiger charge is -2.18. The van der Waals surface area contributed by atoms with Gasteiger partial charge in [0.25, 0.3) is 0 Å². The predicted octanol–water partition coefficient (Wildman–Crippen LogP) is 2.96. The zero-order chi connectivity index (χ0) is 14.1. The van der Waals surface area contributed by atoms with Crippen LogP contribution in [0.2, 0.25) is 0 Å². The van der Waals surface area contributed by atoms with Gasteiger partial charge in [0.2, 0.25) is 5.91 Å². The average Bonchev–Trinajstić information content (AvgIpc) is 2.87. The Morgan fingerprint density at radius 3 is 2.53 bits per heavy atom. The SMILES string of the molecule is CCC(CC1CCCC1)C(=O)NCCCCC(=O)O. The molecular formula is C15H27NO3. The molecule has 0 radical (unpaired) electrons. The largest absolute Gasteiger partial charge is 0.481 e. The van der Waals surface area contributed by atoms with E-state index in [9.17, 15) is 9.59 Å². The maximum Gasteiger partial charge on any atom is 0.303 e. The molecule has 1 unspecified atom stereocenters. The van der Waals surface area contributed by atoms with Crippen molar-refractivity contribution in [1.29, 1.82) is 0 Å². The number of aliphatic carboxylic acids is 1. The molecule has 1 aliphatic carbocycles. The predicted molar refractivity (Wildman–Crippen MR) is 74.9 cm³/mol. The second kappa shape index (κ2) is 8.94. The number of carbonyl (C=O) groups is 2. The summed E-state index contributed by atoms with van der Waals surface area (Å²) in [7, 11) is 0. The van der Waals surface area contributed by atoms with Crippen LogP contribution in [0.5, 0.6) is 0 Å². The smallest absolute Gasteiger partial charge is 0.303 e. The minimum absolute atomic E-state index is 0.141. The molecule has 0 aromatic rings. The highest BCUT2D eigenvalue weighted by atomic mass is 16.4. The van der Waals surface area contributed by atoms with E-state index in [-0.39, 0.29) is 18.2 Å². The Labute approximate surface area is 116 Å². The van der Waals surface area contributed by atoms with Gasteiger partial charge in [-0.2, -0.15) is 0 Å². The summed E-state index contributed by atoms with van der Waals surface area (Å²) in [6.07, 6.45) is 8.69. The molecule has 0 aromatic carbocycles. The summed E-state index contributed by atoms with van der Waals surface area (Å²) in [4.78, 5) is 22.4. The van der Waals surface area contributed by atoms with Crippen LogP contribution in [0.25, 0.3) is 0 Å². The van der Waals surface area contributed by atoms with Gasteiger partial charge in [0.05, 0.1) is 0 Å². The summed E-state index contributed by atoms with van der Waals surface area (Å²) in [6.45, 7) is 2.68. The maximum atomic E-state index is 12.0. The van der Waals surface area contributed by atoms with Gasteiger partial charge >= 0.3 is 5.97 Å². The number of carboxylic acid groups (broad SMARTS) is 1. The Bertz CT molecular complexity index is 285. The number of unbranched alkanes of at least 4 members (excludes halogenated alkanes) is 1. The zero-order valence-electron chi connectivity index (χ0n) is 12.0. The number of amides is 1. The Balaban J connectivity index is 2.15. The number of carboxylic acids is 1. The van der Waals surface area contributed by atoms with Gasteiger partial charge < -0.3 is 10.4 Å². The first-order chi connectivity index (χ1) is 9.13. The Hall–Kier alpha value is -1.06. The third-order valence-corrected chi connectivity index (χ3v) is 4.07. The number of hydrogen-bond acceptors (Lipinski definition) is 2. The van der Waals surface area contributed by atoms with Crippen LogP contribution >= 0.6 is 0 Å². The van der Waals surface area contributed by atoms with Gasteiger partial charge in [-0.25, -0.2) is 0 Å². The molecule has 19 heavy (non-hydrogen) atoms. The van der Waals surface area contributed by atoms with E-state index < -0.39 is 5.97 Å². The van der Waals surface area contributed by atoms with E-state index in [1.807, 2.05) is 0 Å². The number of rotatable bonds is 9. The minimum atomic E-state index is -0.765. The lowest BCUT2D eigenvalue weighted by atomic mass is 9.91. The highest BCUT2D eigenvalue weighted by molar-refractivity contribution is 5.78. The molecule has 0 bridgehead atoms. The van der Waals surface area contributed by atoms with Crippen molar-refractivity contribution in [3.8, 4) is 0 Å². The van der Waals surface area contributed by atoms with Gasteiger partial charge in [-0.3, -0.25) is 9.59 Å². The fraction of sp³-hybridized carbons (Fsp3) is 0.867. The summed E-state index contributed by atoms with van der Waals surface area (Å²) in [5.74, 6) is 0.272. The van der Waals surface area contributed by atoms with Crippen LogP contribution in [0.3, 0.4) is 0 Å². The first kappa shape index (κ1) is 16.0. The molecule has 1 saturated carbocycles. The molecule has 0 aliphatic heterocycles. The molecule has 0 heterocycles. The van der Waals surface area contributed by atoms with Crippen molar-refractivity contribution < 1.29 is 14.7 Å². The monoisotopic (exact) mass is 269 g/mol. The third kappa shape index (κ3) is 6.60. The summed E-state index contributed by atoms with van der Waals surface area (Å²) >= 11 is 0. The highest BCUT2D eigenvalue weighted by Gasteiger charge is 2.23. The van der Waals surface area contributed by atoms with Gasteiger partial charge in [-0.15, -0.1) is 0 Å². The molecule has 0 saturated heterocycles. The topological polar surface area (TPSA) is 66.4 Å². The molecular weight excluding hydrogens is 242 g/mol. The van der Waals surface area contributed by atoms with Gasteiger partial charge in [0.15, 0.2) is 0 Å². The Morgan fingerprint density at radius 2 is 1.95 bits per heavy atom. The molecule has 4 heteroatoms. The van der Waals surface area contributed by atoms with E-state index in [1.54, 1.807) is 0 Å². The lowest BCUT2D eigenvalue weighted by molar-refractivity contribution is -0.137. The second-order valence-electron chi connectivity index (χ2n) is 5.63. The van der Waals surface area contributed by atoms with Crippen molar-refractivity contribution in [3.05, 3.63) is 0 Å². The quantitative estimate of drug-likeness (QED) is 0.632. The van der Waals surface area contributed by atoms with Crippen LogP contribution in [-0.4, -0.2) is 23.5 Å². The van der Waals surface area contributed by atoms with Gasteiger partial charge in [0, 0.05) is 18.9 Å². The lowest BCUT2D eigenvalue weighted by Crippen LogP contribution is -2.32. The summed E-state index contributed by atoms with van der Waals surface area (Å²) in [6, 6.07) is 0. The summed E-state index contributed by atoms with van der Waals surface area (Å²) in [5.41, 5.74) is 0. The molecule has 1 aliphatic rings. The van der Waals surface area contributed by atoms with E-state index in [1.165, 1.54) is 25.7 Å². The average molecular weight is 269 g/mol. The van der Waals surface area contributed by atoms with Crippen LogP contribution < -0.4 is 5.32 Å². The van der Waals surface area contributed by atoms with Crippen LogP contribution in [0.1, 0.15) is 64.7 Å². The van der Waals surface area contributed by atoms with E-state index in [2.05, 4.69) is 12.2 Å². The highest BCUT2D eigenvalue weighted by Crippen LogP contribution is 2.31. The van der Waals surface area contributed by atoms with Crippen molar-refractivity contribution in [3.63, 3.8) is 0 Å². The third-order valence-electron chi connectivity index (χ3n) is 4.07. The van der Waals surface area contributed by atoms with Crippen molar-refractivity contribution in [1.82, 2.24) is 5.32 Å². The summed E-state index contributed by atoms with van der Waals surface area (Å²) < 4.78 is 0. The van der Waals surface area contributed by atoms with E-state index in [4.69, 9.17) is 5.11 Å². The molecule has 0 aromatic heterocycles. The second-order valence-corrected chi connectivity index (χ2v) is 5.63. The molecule has 4 nitrogen and oxygen atoms in total. The van der Waals surface area contributed by atoms with Crippen molar-refractivity contribution >= 4 is 11.9 Å². The fourth-order valence-electron chi connectivity index (χ4n) is 2.86. The molecule has 1 fully saturated rings. The minimum Gasteiger partial charge on any atom is -0.481 e. The van der Waals surface area contributed by atoms with Crippen molar-refractivity contribution in [2.45, 2.75) is 64.7 Å². The van der Waals surface area contributed by atoms with Gasteiger partial charge in [-0.1, -0.05) is 32.6 Å². The number of hydrogen-bond donors (Lipinski definition) is 2.